The number of hydrogen-bond donors (Lipinski definition) is 1. The SMILES string of the molecule is CCC(C)CC(C)N=C1NC2(CCCC(C)C2)CS1. The zero-order valence-electron chi connectivity index (χ0n) is 13.0. The van der Waals surface area contributed by atoms with E-state index in [1.807, 2.05) is 11.8 Å². The van der Waals surface area contributed by atoms with Crippen molar-refractivity contribution < 1.29 is 0 Å². The first kappa shape index (κ1) is 15.2. The maximum Gasteiger partial charge on any atom is 0.157 e. The zero-order chi connectivity index (χ0) is 13.9. The van der Waals surface area contributed by atoms with E-state index in [0.717, 1.165) is 11.8 Å². The molecule has 2 fully saturated rings. The molecule has 2 aliphatic rings. The molecule has 1 N–H and O–H groups in total. The fourth-order valence-electron chi connectivity index (χ4n) is 3.48. The minimum atomic E-state index is 0.372. The molecule has 4 atom stereocenters. The average Bonchev–Trinajstić information content (AvgIpc) is 2.71. The highest BCUT2D eigenvalue weighted by molar-refractivity contribution is 8.14. The minimum absolute atomic E-state index is 0.372. The van der Waals surface area contributed by atoms with Crippen LogP contribution in [0.15, 0.2) is 4.99 Å². The third-order valence-corrected chi connectivity index (χ3v) is 5.90. The normalized spacial score (nSPS) is 36.4. The number of thioether (sulfide) groups is 1. The molecule has 0 bridgehead atoms. The standard InChI is InChI=1S/C16H30N2S/c1-5-12(2)9-14(4)17-15-18-16(11-19-15)8-6-7-13(3)10-16/h12-14H,5-11H2,1-4H3,(H,17,18). The Morgan fingerprint density at radius 3 is 2.95 bits per heavy atom. The van der Waals surface area contributed by atoms with Gasteiger partial charge in [0.15, 0.2) is 5.17 Å². The Hall–Kier alpha value is -0.180. The molecule has 1 saturated heterocycles. The molecule has 0 radical (unpaired) electrons. The maximum atomic E-state index is 4.91. The van der Waals surface area contributed by atoms with Crippen molar-refractivity contribution in [3.63, 3.8) is 0 Å². The van der Waals surface area contributed by atoms with Crippen LogP contribution >= 0.6 is 11.8 Å². The van der Waals surface area contributed by atoms with Gasteiger partial charge in [0.2, 0.25) is 0 Å². The summed E-state index contributed by atoms with van der Waals surface area (Å²) < 4.78 is 0. The summed E-state index contributed by atoms with van der Waals surface area (Å²) in [5.41, 5.74) is 0.372. The highest BCUT2D eigenvalue weighted by atomic mass is 32.2. The largest absolute Gasteiger partial charge is 0.359 e. The summed E-state index contributed by atoms with van der Waals surface area (Å²) >= 11 is 1.95. The minimum Gasteiger partial charge on any atom is -0.359 e. The van der Waals surface area contributed by atoms with Gasteiger partial charge in [0, 0.05) is 11.3 Å². The lowest BCUT2D eigenvalue weighted by atomic mass is 9.78. The number of rotatable bonds is 4. The van der Waals surface area contributed by atoms with Crippen molar-refractivity contribution >= 4 is 16.9 Å². The Morgan fingerprint density at radius 2 is 2.26 bits per heavy atom. The number of nitrogens with one attached hydrogen (secondary N) is 1. The van der Waals surface area contributed by atoms with Crippen LogP contribution in [0.2, 0.25) is 0 Å². The lowest BCUT2D eigenvalue weighted by molar-refractivity contribution is 0.242. The van der Waals surface area contributed by atoms with Crippen molar-refractivity contribution in [1.29, 1.82) is 0 Å². The molecule has 110 valence electrons. The summed E-state index contributed by atoms with van der Waals surface area (Å²) in [4.78, 5) is 4.91. The van der Waals surface area contributed by atoms with Gasteiger partial charge in [-0.1, -0.05) is 51.8 Å². The molecular formula is C16H30N2S. The van der Waals surface area contributed by atoms with Gasteiger partial charge in [-0.25, -0.2) is 0 Å². The van der Waals surface area contributed by atoms with Crippen LogP contribution in [0.4, 0.5) is 0 Å². The van der Waals surface area contributed by atoms with Crippen molar-refractivity contribution in [3.05, 3.63) is 0 Å². The molecule has 19 heavy (non-hydrogen) atoms. The van der Waals surface area contributed by atoms with Crippen molar-refractivity contribution in [1.82, 2.24) is 5.32 Å². The Labute approximate surface area is 123 Å². The highest BCUT2D eigenvalue weighted by Gasteiger charge is 2.40. The molecule has 2 nitrogen and oxygen atoms in total. The Morgan fingerprint density at radius 1 is 1.47 bits per heavy atom. The molecule has 1 heterocycles. The Kier molecular flexibility index (Phi) is 5.22. The maximum absolute atomic E-state index is 4.91. The highest BCUT2D eigenvalue weighted by Crippen LogP contribution is 2.38. The van der Waals surface area contributed by atoms with Gasteiger partial charge in [0.05, 0.1) is 6.04 Å². The quantitative estimate of drug-likeness (QED) is 0.823. The molecule has 0 aromatic carbocycles. The summed E-state index contributed by atoms with van der Waals surface area (Å²) in [7, 11) is 0. The summed E-state index contributed by atoms with van der Waals surface area (Å²) in [6, 6.07) is 0.459. The van der Waals surface area contributed by atoms with Crippen LogP contribution in [0.3, 0.4) is 0 Å². The molecule has 3 heteroatoms. The van der Waals surface area contributed by atoms with E-state index < -0.39 is 0 Å². The van der Waals surface area contributed by atoms with E-state index in [4.69, 9.17) is 4.99 Å². The molecule has 1 aliphatic heterocycles. The summed E-state index contributed by atoms with van der Waals surface area (Å²) in [5.74, 6) is 2.89. The van der Waals surface area contributed by atoms with Crippen LogP contribution < -0.4 is 5.32 Å². The number of aliphatic imine (C=N–C) groups is 1. The van der Waals surface area contributed by atoms with E-state index in [0.29, 0.717) is 11.6 Å². The first-order valence-corrected chi connectivity index (χ1v) is 9.00. The molecule has 0 aromatic rings. The lowest BCUT2D eigenvalue weighted by Gasteiger charge is -2.36. The third-order valence-electron chi connectivity index (χ3n) is 4.73. The van der Waals surface area contributed by atoms with Crippen molar-refractivity contribution in [2.75, 3.05) is 5.75 Å². The smallest absolute Gasteiger partial charge is 0.157 e. The third kappa shape index (κ3) is 4.14. The monoisotopic (exact) mass is 282 g/mol. The van der Waals surface area contributed by atoms with E-state index in [1.54, 1.807) is 0 Å². The number of amidine groups is 1. The Bertz CT molecular complexity index is 329. The molecule has 0 aromatic heterocycles. The number of nitrogens with zero attached hydrogens (tertiary/aromatic N) is 1. The summed E-state index contributed by atoms with van der Waals surface area (Å²) in [6.07, 6.45) is 7.93. The van der Waals surface area contributed by atoms with Crippen LogP contribution in [0.1, 0.15) is 66.2 Å². The van der Waals surface area contributed by atoms with Crippen LogP contribution in [-0.2, 0) is 0 Å². The molecule has 1 saturated carbocycles. The second kappa shape index (κ2) is 6.51. The molecule has 1 spiro atoms. The summed E-state index contributed by atoms with van der Waals surface area (Å²) in [5, 5.41) is 4.98. The second-order valence-corrected chi connectivity index (χ2v) is 7.89. The van der Waals surface area contributed by atoms with E-state index >= 15 is 0 Å². The van der Waals surface area contributed by atoms with Crippen LogP contribution in [0.25, 0.3) is 0 Å². The zero-order valence-corrected chi connectivity index (χ0v) is 13.9. The van der Waals surface area contributed by atoms with Crippen LogP contribution in [-0.4, -0.2) is 22.5 Å². The second-order valence-electron chi connectivity index (χ2n) is 6.93. The van der Waals surface area contributed by atoms with Gasteiger partial charge in [-0.15, -0.1) is 0 Å². The molecular weight excluding hydrogens is 252 g/mol. The average molecular weight is 282 g/mol. The van der Waals surface area contributed by atoms with Gasteiger partial charge in [-0.3, -0.25) is 4.99 Å². The molecule has 4 unspecified atom stereocenters. The van der Waals surface area contributed by atoms with E-state index in [2.05, 4.69) is 33.0 Å². The van der Waals surface area contributed by atoms with Gasteiger partial charge >= 0.3 is 0 Å². The van der Waals surface area contributed by atoms with Crippen molar-refractivity contribution in [2.45, 2.75) is 77.8 Å². The predicted molar refractivity (Wildman–Crippen MR) is 86.9 cm³/mol. The number of hydrogen-bond acceptors (Lipinski definition) is 2. The van der Waals surface area contributed by atoms with E-state index in [9.17, 15) is 0 Å². The molecule has 1 aliphatic carbocycles. The fourth-order valence-corrected chi connectivity index (χ4v) is 4.77. The fraction of sp³-hybridized carbons (Fsp3) is 0.938. The predicted octanol–water partition coefficient (Wildman–Crippen LogP) is 4.45. The van der Waals surface area contributed by atoms with Gasteiger partial charge in [0.25, 0.3) is 0 Å². The first-order valence-electron chi connectivity index (χ1n) is 8.02. The van der Waals surface area contributed by atoms with E-state index in [-0.39, 0.29) is 0 Å². The van der Waals surface area contributed by atoms with Crippen molar-refractivity contribution in [3.8, 4) is 0 Å². The molecule has 2 rings (SSSR count). The van der Waals surface area contributed by atoms with E-state index in [1.165, 1.54) is 49.4 Å². The van der Waals surface area contributed by atoms with Gasteiger partial charge in [0.1, 0.15) is 0 Å². The van der Waals surface area contributed by atoms with Crippen molar-refractivity contribution in [2.24, 2.45) is 16.8 Å². The van der Waals surface area contributed by atoms with Gasteiger partial charge in [-0.2, -0.15) is 0 Å². The first-order chi connectivity index (χ1) is 9.03. The Balaban J connectivity index is 1.90. The van der Waals surface area contributed by atoms with Crippen LogP contribution in [0.5, 0.6) is 0 Å². The summed E-state index contributed by atoms with van der Waals surface area (Å²) in [6.45, 7) is 9.26. The van der Waals surface area contributed by atoms with Gasteiger partial charge in [-0.05, 0) is 38.0 Å². The lowest BCUT2D eigenvalue weighted by Crippen LogP contribution is -2.47. The van der Waals surface area contributed by atoms with Gasteiger partial charge < -0.3 is 5.32 Å². The van der Waals surface area contributed by atoms with Crippen LogP contribution in [0, 0.1) is 11.8 Å². The topological polar surface area (TPSA) is 24.4 Å². The molecule has 0 amide bonds.